The maximum Gasteiger partial charge on any atom is 0.254 e. The molecule has 28 heavy (non-hydrogen) atoms. The minimum Gasteiger partial charge on any atom is -0.378 e. The molecule has 1 amide bonds. The highest BCUT2D eigenvalue weighted by Gasteiger charge is 2.38. The van der Waals surface area contributed by atoms with Gasteiger partial charge in [-0.2, -0.15) is 0 Å². The van der Waals surface area contributed by atoms with E-state index < -0.39 is 0 Å². The predicted molar refractivity (Wildman–Crippen MR) is 105 cm³/mol. The number of hydrogen-bond donors (Lipinski definition) is 0. The zero-order chi connectivity index (χ0) is 19.1. The summed E-state index contributed by atoms with van der Waals surface area (Å²) in [7, 11) is 0. The van der Waals surface area contributed by atoms with Crippen LogP contribution in [-0.4, -0.2) is 60.4 Å². The van der Waals surface area contributed by atoms with Crippen molar-refractivity contribution in [2.75, 3.05) is 32.8 Å². The SMILES string of the molecule is O=C1CCc2c1cccc2C(=O)N1CCN2[C@@H](COC[C@@H]2c2ccccc2)C1. The van der Waals surface area contributed by atoms with Gasteiger partial charge < -0.3 is 9.64 Å². The van der Waals surface area contributed by atoms with Crippen molar-refractivity contribution >= 4 is 11.7 Å². The van der Waals surface area contributed by atoms with Crippen LogP contribution in [-0.2, 0) is 11.2 Å². The first-order chi connectivity index (χ1) is 13.7. The molecule has 2 heterocycles. The molecule has 0 bridgehead atoms. The molecule has 0 radical (unpaired) electrons. The summed E-state index contributed by atoms with van der Waals surface area (Å²) in [5, 5.41) is 0. The molecule has 5 rings (SSSR count). The Kier molecular flexibility index (Phi) is 4.49. The Morgan fingerprint density at radius 3 is 2.68 bits per heavy atom. The fourth-order valence-corrected chi connectivity index (χ4v) is 4.85. The second-order valence-corrected chi connectivity index (χ2v) is 7.86. The number of fused-ring (bicyclic) bond motifs is 2. The third-order valence-electron chi connectivity index (χ3n) is 6.30. The molecule has 0 N–H and O–H groups in total. The van der Waals surface area contributed by atoms with Gasteiger partial charge in [0.2, 0.25) is 0 Å². The lowest BCUT2D eigenvalue weighted by molar-refractivity contribution is -0.0770. The van der Waals surface area contributed by atoms with Gasteiger partial charge in [-0.05, 0) is 23.6 Å². The molecule has 2 aliphatic heterocycles. The Labute approximate surface area is 164 Å². The first kappa shape index (κ1) is 17.6. The summed E-state index contributed by atoms with van der Waals surface area (Å²) < 4.78 is 5.90. The Morgan fingerprint density at radius 1 is 0.964 bits per heavy atom. The van der Waals surface area contributed by atoms with Crippen molar-refractivity contribution in [2.45, 2.75) is 24.9 Å². The van der Waals surface area contributed by atoms with Gasteiger partial charge in [-0.1, -0.05) is 42.5 Å². The lowest BCUT2D eigenvalue weighted by atomic mass is 9.98. The topological polar surface area (TPSA) is 49.9 Å². The van der Waals surface area contributed by atoms with Crippen LogP contribution >= 0.6 is 0 Å². The molecule has 0 aromatic heterocycles. The van der Waals surface area contributed by atoms with Gasteiger partial charge in [-0.15, -0.1) is 0 Å². The molecule has 2 aromatic carbocycles. The third kappa shape index (κ3) is 2.95. The smallest absolute Gasteiger partial charge is 0.254 e. The highest BCUT2D eigenvalue weighted by Crippen LogP contribution is 2.31. The number of carbonyl (C=O) groups is 2. The molecular formula is C23H24N2O3. The molecule has 5 nitrogen and oxygen atoms in total. The van der Waals surface area contributed by atoms with Gasteiger partial charge in [0.05, 0.1) is 25.3 Å². The summed E-state index contributed by atoms with van der Waals surface area (Å²) in [6, 6.07) is 16.5. The van der Waals surface area contributed by atoms with E-state index in [1.807, 2.05) is 29.2 Å². The van der Waals surface area contributed by atoms with Crippen LogP contribution in [0.25, 0.3) is 0 Å². The van der Waals surface area contributed by atoms with Crippen molar-refractivity contribution in [1.82, 2.24) is 9.80 Å². The van der Waals surface area contributed by atoms with E-state index in [0.29, 0.717) is 44.7 Å². The van der Waals surface area contributed by atoms with E-state index in [-0.39, 0.29) is 23.8 Å². The number of nitrogens with zero attached hydrogens (tertiary/aromatic N) is 2. The largest absolute Gasteiger partial charge is 0.378 e. The summed E-state index contributed by atoms with van der Waals surface area (Å²) in [6.07, 6.45) is 1.20. The standard InChI is InChI=1S/C23H24N2O3/c26-22-10-9-18-19(22)7-4-8-20(18)23(27)24-11-12-25-17(13-24)14-28-15-21(25)16-5-2-1-3-6-16/h1-8,17,21H,9-15H2/t17-,21-/m1/s1. The summed E-state index contributed by atoms with van der Waals surface area (Å²) in [5.41, 5.74) is 3.64. The number of hydrogen-bond acceptors (Lipinski definition) is 4. The second-order valence-electron chi connectivity index (χ2n) is 7.86. The maximum atomic E-state index is 13.2. The van der Waals surface area contributed by atoms with E-state index >= 15 is 0 Å². The van der Waals surface area contributed by atoms with Crippen LogP contribution in [0.2, 0.25) is 0 Å². The van der Waals surface area contributed by atoms with E-state index in [1.165, 1.54) is 5.56 Å². The molecular weight excluding hydrogens is 352 g/mol. The van der Waals surface area contributed by atoms with Crippen molar-refractivity contribution in [3.8, 4) is 0 Å². The fraction of sp³-hybridized carbons (Fsp3) is 0.391. The first-order valence-corrected chi connectivity index (χ1v) is 10.0. The van der Waals surface area contributed by atoms with Gasteiger partial charge in [0, 0.05) is 37.2 Å². The second kappa shape index (κ2) is 7.15. The quantitative estimate of drug-likeness (QED) is 0.809. The summed E-state index contributed by atoms with van der Waals surface area (Å²) >= 11 is 0. The van der Waals surface area contributed by atoms with E-state index in [2.05, 4.69) is 29.2 Å². The fourth-order valence-electron chi connectivity index (χ4n) is 4.85. The Morgan fingerprint density at radius 2 is 1.82 bits per heavy atom. The number of piperazine rings is 1. The highest BCUT2D eigenvalue weighted by molar-refractivity contribution is 6.05. The number of benzene rings is 2. The number of Topliss-reactive ketones (excluding diaryl/α,β-unsaturated/α-hetero) is 1. The Hall–Kier alpha value is -2.50. The average molecular weight is 376 g/mol. The normalized spacial score (nSPS) is 24.7. The summed E-state index contributed by atoms with van der Waals surface area (Å²) in [5.74, 6) is 0.203. The Bertz CT molecular complexity index is 911. The lowest BCUT2D eigenvalue weighted by Gasteiger charge is -2.48. The first-order valence-electron chi connectivity index (χ1n) is 10.0. The van der Waals surface area contributed by atoms with Crippen LogP contribution < -0.4 is 0 Å². The number of amides is 1. The zero-order valence-electron chi connectivity index (χ0n) is 15.8. The van der Waals surface area contributed by atoms with Crippen LogP contribution in [0.3, 0.4) is 0 Å². The molecule has 2 fully saturated rings. The van der Waals surface area contributed by atoms with Gasteiger partial charge in [0.15, 0.2) is 5.78 Å². The number of rotatable bonds is 2. The van der Waals surface area contributed by atoms with Crippen LogP contribution in [0.5, 0.6) is 0 Å². The van der Waals surface area contributed by atoms with Crippen LogP contribution in [0.1, 0.15) is 44.3 Å². The van der Waals surface area contributed by atoms with Crippen molar-refractivity contribution in [3.05, 3.63) is 70.8 Å². The molecule has 1 aliphatic carbocycles. The molecule has 0 saturated carbocycles. The lowest BCUT2D eigenvalue weighted by Crippen LogP contribution is -2.60. The summed E-state index contributed by atoms with van der Waals surface area (Å²) in [4.78, 5) is 29.7. The summed E-state index contributed by atoms with van der Waals surface area (Å²) in [6.45, 7) is 3.56. The van der Waals surface area contributed by atoms with Crippen LogP contribution in [0.4, 0.5) is 0 Å². The zero-order valence-corrected chi connectivity index (χ0v) is 15.8. The van der Waals surface area contributed by atoms with Gasteiger partial charge >= 0.3 is 0 Å². The molecule has 2 aromatic rings. The predicted octanol–water partition coefficient (Wildman–Crippen LogP) is 2.71. The van der Waals surface area contributed by atoms with Crippen molar-refractivity contribution in [2.24, 2.45) is 0 Å². The van der Waals surface area contributed by atoms with Gasteiger partial charge in [-0.3, -0.25) is 14.5 Å². The number of ether oxygens (including phenoxy) is 1. The number of carbonyl (C=O) groups excluding carboxylic acids is 2. The van der Waals surface area contributed by atoms with Gasteiger partial charge in [-0.25, -0.2) is 0 Å². The highest BCUT2D eigenvalue weighted by atomic mass is 16.5. The van der Waals surface area contributed by atoms with Gasteiger partial charge in [0.1, 0.15) is 0 Å². The molecule has 5 heteroatoms. The maximum absolute atomic E-state index is 13.2. The Balaban J connectivity index is 1.35. The van der Waals surface area contributed by atoms with Crippen molar-refractivity contribution in [3.63, 3.8) is 0 Å². The minimum absolute atomic E-state index is 0.0491. The van der Waals surface area contributed by atoms with E-state index in [0.717, 1.165) is 17.7 Å². The third-order valence-corrected chi connectivity index (χ3v) is 6.30. The average Bonchev–Trinajstić information content (AvgIpc) is 3.14. The van der Waals surface area contributed by atoms with E-state index in [1.54, 1.807) is 0 Å². The van der Waals surface area contributed by atoms with Crippen molar-refractivity contribution in [1.29, 1.82) is 0 Å². The van der Waals surface area contributed by atoms with E-state index in [9.17, 15) is 9.59 Å². The van der Waals surface area contributed by atoms with E-state index in [4.69, 9.17) is 4.74 Å². The minimum atomic E-state index is 0.0491. The monoisotopic (exact) mass is 376 g/mol. The molecule has 144 valence electrons. The molecule has 3 aliphatic rings. The number of ketones is 1. The van der Waals surface area contributed by atoms with Crippen LogP contribution in [0.15, 0.2) is 48.5 Å². The van der Waals surface area contributed by atoms with Crippen LogP contribution in [0, 0.1) is 0 Å². The molecule has 0 spiro atoms. The van der Waals surface area contributed by atoms with Crippen molar-refractivity contribution < 1.29 is 14.3 Å². The molecule has 2 atom stereocenters. The number of morpholine rings is 1. The van der Waals surface area contributed by atoms with Gasteiger partial charge in [0.25, 0.3) is 5.91 Å². The molecule has 0 unspecified atom stereocenters. The molecule has 2 saturated heterocycles.